The Bertz CT molecular complexity index is 1480. The monoisotopic (exact) mass is 455 g/mol. The van der Waals surface area contributed by atoms with Gasteiger partial charge in [0.15, 0.2) is 5.82 Å². The summed E-state index contributed by atoms with van der Waals surface area (Å²) in [4.78, 5) is 21.2. The molecular formula is C22H22FN5O3S. The third kappa shape index (κ3) is 4.26. The molecule has 0 saturated heterocycles. The van der Waals surface area contributed by atoms with Crippen molar-refractivity contribution >= 4 is 26.9 Å². The van der Waals surface area contributed by atoms with E-state index in [1.54, 1.807) is 38.4 Å². The number of imidazole rings is 1. The number of sulfonamides is 1. The molecule has 32 heavy (non-hydrogen) atoms. The first-order chi connectivity index (χ1) is 15.0. The van der Waals surface area contributed by atoms with Gasteiger partial charge >= 0.3 is 0 Å². The molecule has 166 valence electrons. The molecule has 0 saturated carbocycles. The summed E-state index contributed by atoms with van der Waals surface area (Å²) in [7, 11) is -1.97. The van der Waals surface area contributed by atoms with Crippen molar-refractivity contribution < 1.29 is 12.8 Å². The summed E-state index contributed by atoms with van der Waals surface area (Å²) in [5.41, 5.74) is 3.50. The highest BCUT2D eigenvalue weighted by Gasteiger charge is 2.18. The maximum Gasteiger partial charge on any atom is 0.253 e. The molecule has 1 N–H and O–H groups in total. The van der Waals surface area contributed by atoms with Crippen LogP contribution in [0.2, 0.25) is 0 Å². The van der Waals surface area contributed by atoms with E-state index >= 15 is 0 Å². The maximum atomic E-state index is 13.3. The third-order valence-electron chi connectivity index (χ3n) is 5.12. The van der Waals surface area contributed by atoms with E-state index < -0.39 is 10.0 Å². The molecule has 4 aromatic rings. The van der Waals surface area contributed by atoms with Gasteiger partial charge in [-0.05, 0) is 43.7 Å². The second-order valence-corrected chi connectivity index (χ2v) is 9.55. The number of halogens is 1. The first-order valence-corrected chi connectivity index (χ1v) is 11.7. The molecule has 0 radical (unpaired) electrons. The van der Waals surface area contributed by atoms with Crippen molar-refractivity contribution in [2.75, 3.05) is 11.0 Å². The number of rotatable bonds is 5. The van der Waals surface area contributed by atoms with Crippen LogP contribution in [-0.4, -0.2) is 33.8 Å². The van der Waals surface area contributed by atoms with Crippen molar-refractivity contribution in [1.82, 2.24) is 19.1 Å². The lowest BCUT2D eigenvalue weighted by atomic mass is 10.1. The highest BCUT2D eigenvalue weighted by molar-refractivity contribution is 7.92. The molecule has 0 atom stereocenters. The van der Waals surface area contributed by atoms with Crippen LogP contribution in [0.4, 0.5) is 10.2 Å². The van der Waals surface area contributed by atoms with Gasteiger partial charge in [-0.15, -0.1) is 0 Å². The molecule has 3 heterocycles. The molecule has 4 rings (SSSR count). The van der Waals surface area contributed by atoms with E-state index in [4.69, 9.17) is 0 Å². The molecule has 0 aliphatic heterocycles. The predicted molar refractivity (Wildman–Crippen MR) is 122 cm³/mol. The van der Waals surface area contributed by atoms with Crippen molar-refractivity contribution in [2.24, 2.45) is 7.05 Å². The van der Waals surface area contributed by atoms with Crippen LogP contribution in [0.25, 0.3) is 22.3 Å². The average molecular weight is 456 g/mol. The van der Waals surface area contributed by atoms with Crippen LogP contribution < -0.4 is 10.3 Å². The van der Waals surface area contributed by atoms with Gasteiger partial charge < -0.3 is 9.13 Å². The van der Waals surface area contributed by atoms with Gasteiger partial charge in [0.2, 0.25) is 10.0 Å². The number of anilines is 1. The van der Waals surface area contributed by atoms with Crippen LogP contribution in [0.5, 0.6) is 0 Å². The zero-order valence-corrected chi connectivity index (χ0v) is 18.9. The molecule has 1 aromatic carbocycles. The van der Waals surface area contributed by atoms with E-state index in [-0.39, 0.29) is 17.2 Å². The Hall–Kier alpha value is -3.53. The first-order valence-electron chi connectivity index (χ1n) is 9.79. The lowest BCUT2D eigenvalue weighted by Gasteiger charge is -2.12. The zero-order chi connectivity index (χ0) is 23.2. The van der Waals surface area contributed by atoms with E-state index in [2.05, 4.69) is 14.7 Å². The van der Waals surface area contributed by atoms with Crippen LogP contribution in [-0.2, 0) is 23.6 Å². The van der Waals surface area contributed by atoms with Gasteiger partial charge in [0.05, 0.1) is 17.5 Å². The van der Waals surface area contributed by atoms with Gasteiger partial charge in [-0.25, -0.2) is 22.8 Å². The summed E-state index contributed by atoms with van der Waals surface area (Å²) in [6.45, 7) is 3.93. The highest BCUT2D eigenvalue weighted by Crippen LogP contribution is 2.29. The number of hydrogen-bond donors (Lipinski definition) is 1. The summed E-state index contributed by atoms with van der Waals surface area (Å²) >= 11 is 0. The second-order valence-electron chi connectivity index (χ2n) is 7.80. The number of nitrogens with zero attached hydrogens (tertiary/aromatic N) is 4. The quantitative estimate of drug-likeness (QED) is 0.499. The van der Waals surface area contributed by atoms with Gasteiger partial charge in [0, 0.05) is 30.9 Å². The summed E-state index contributed by atoms with van der Waals surface area (Å²) in [6.07, 6.45) is 2.70. The minimum Gasteiger partial charge on any atom is -0.324 e. The normalized spacial score (nSPS) is 11.8. The van der Waals surface area contributed by atoms with Crippen LogP contribution >= 0.6 is 0 Å². The third-order valence-corrected chi connectivity index (χ3v) is 5.69. The minimum absolute atomic E-state index is 0.104. The lowest BCUT2D eigenvalue weighted by Crippen LogP contribution is -2.18. The first kappa shape index (κ1) is 21.7. The van der Waals surface area contributed by atoms with Crippen molar-refractivity contribution in [3.8, 4) is 11.3 Å². The Morgan fingerprint density at radius 1 is 1.09 bits per heavy atom. The predicted octanol–water partition coefficient (Wildman–Crippen LogP) is 2.97. The van der Waals surface area contributed by atoms with E-state index in [0.717, 1.165) is 11.8 Å². The summed E-state index contributed by atoms with van der Waals surface area (Å²) in [5.74, 6) is 0.432. The fourth-order valence-electron chi connectivity index (χ4n) is 3.62. The summed E-state index contributed by atoms with van der Waals surface area (Å²) in [5, 5.41) is 0. The topological polar surface area (TPSA) is 98.9 Å². The molecule has 0 unspecified atom stereocenters. The van der Waals surface area contributed by atoms with Crippen LogP contribution in [0.1, 0.15) is 17.0 Å². The van der Waals surface area contributed by atoms with Gasteiger partial charge in [0.1, 0.15) is 17.2 Å². The largest absolute Gasteiger partial charge is 0.324 e. The molecule has 0 spiro atoms. The summed E-state index contributed by atoms with van der Waals surface area (Å²) in [6, 6.07) is 9.69. The molecule has 0 amide bonds. The Labute approximate surface area is 184 Å². The van der Waals surface area contributed by atoms with E-state index in [0.29, 0.717) is 40.2 Å². The Kier molecular flexibility index (Phi) is 5.33. The average Bonchev–Trinajstić information content (AvgIpc) is 3.02. The van der Waals surface area contributed by atoms with E-state index in [9.17, 15) is 17.6 Å². The lowest BCUT2D eigenvalue weighted by molar-refractivity contribution is 0.606. The van der Waals surface area contributed by atoms with Crippen LogP contribution in [0, 0.1) is 19.7 Å². The number of fused-ring (bicyclic) bond motifs is 1. The van der Waals surface area contributed by atoms with Crippen molar-refractivity contribution in [1.29, 1.82) is 0 Å². The number of nitrogens with one attached hydrogen (secondary N) is 1. The molecule has 0 aliphatic rings. The van der Waals surface area contributed by atoms with Gasteiger partial charge in [-0.3, -0.25) is 9.52 Å². The highest BCUT2D eigenvalue weighted by atomic mass is 32.2. The van der Waals surface area contributed by atoms with Crippen molar-refractivity contribution in [3.05, 3.63) is 75.7 Å². The Morgan fingerprint density at radius 2 is 1.78 bits per heavy atom. The fraction of sp³-hybridized carbons (Fsp3) is 0.227. The molecular weight excluding hydrogens is 433 g/mol. The molecule has 0 bridgehead atoms. The van der Waals surface area contributed by atoms with Crippen molar-refractivity contribution in [2.45, 2.75) is 20.4 Å². The van der Waals surface area contributed by atoms with Crippen LogP contribution in [0.15, 0.2) is 47.4 Å². The minimum atomic E-state index is -3.62. The Morgan fingerprint density at radius 3 is 2.41 bits per heavy atom. The van der Waals surface area contributed by atoms with Gasteiger partial charge in [0.25, 0.3) is 5.56 Å². The molecule has 3 aromatic heterocycles. The second kappa shape index (κ2) is 7.86. The molecule has 10 heteroatoms. The Balaban J connectivity index is 1.95. The molecule has 0 aliphatic carbocycles. The van der Waals surface area contributed by atoms with E-state index in [1.165, 1.54) is 16.7 Å². The van der Waals surface area contributed by atoms with Crippen molar-refractivity contribution in [3.63, 3.8) is 0 Å². The SMILES string of the molecule is Cc1cc(-c2cc3c(nc(C)n3Cc3ccc(F)cc3)c(NS(C)(=O)=O)n2)cn(C)c1=O. The number of aromatic nitrogens is 4. The van der Waals surface area contributed by atoms with Gasteiger partial charge in [-0.2, -0.15) is 0 Å². The number of aryl methyl sites for hydroxylation is 3. The molecule has 8 nitrogen and oxygen atoms in total. The summed E-state index contributed by atoms with van der Waals surface area (Å²) < 4.78 is 43.1. The molecule has 0 fully saturated rings. The van der Waals surface area contributed by atoms with Crippen LogP contribution in [0.3, 0.4) is 0 Å². The smallest absolute Gasteiger partial charge is 0.253 e. The number of hydrogen-bond acceptors (Lipinski definition) is 5. The number of benzene rings is 1. The van der Waals surface area contributed by atoms with Gasteiger partial charge in [-0.1, -0.05) is 12.1 Å². The van der Waals surface area contributed by atoms with E-state index in [1.807, 2.05) is 17.6 Å². The maximum absolute atomic E-state index is 13.3. The fourth-order valence-corrected chi connectivity index (χ4v) is 4.12. The standard InChI is InChI=1S/C22H22FN5O3S/c1-13-9-16(12-27(3)22(13)29)18-10-19-20(21(25-18)26-32(4,30)31)24-14(2)28(19)11-15-5-7-17(23)8-6-15/h5-10,12H,11H2,1-4H3,(H,25,26). The number of pyridine rings is 2. The zero-order valence-electron chi connectivity index (χ0n) is 18.0.